The molecule has 0 aliphatic rings. The Hall–Kier alpha value is -1.50. The zero-order valence-electron chi connectivity index (χ0n) is 12.6. The van der Waals surface area contributed by atoms with Crippen molar-refractivity contribution in [2.75, 3.05) is 0 Å². The minimum atomic E-state index is -1.05. The maximum atomic E-state index is 12.3. The lowest BCUT2D eigenvalue weighted by molar-refractivity contribution is -0.142. The molecule has 0 radical (unpaired) electrons. The zero-order chi connectivity index (χ0) is 15.7. The fourth-order valence-corrected chi connectivity index (χ4v) is 2.46. The van der Waals surface area contributed by atoms with Crippen molar-refractivity contribution in [2.45, 2.75) is 53.0 Å². The van der Waals surface area contributed by atoms with Crippen molar-refractivity contribution in [3.63, 3.8) is 0 Å². The minimum absolute atomic E-state index is 0.319. The van der Waals surface area contributed by atoms with Crippen molar-refractivity contribution in [2.24, 2.45) is 5.41 Å². The summed E-state index contributed by atoms with van der Waals surface area (Å²) in [6.07, 6.45) is 0. The van der Waals surface area contributed by atoms with Crippen LogP contribution in [0.1, 0.15) is 56.9 Å². The van der Waals surface area contributed by atoms with Gasteiger partial charge in [0, 0.05) is 5.41 Å². The maximum Gasteiger partial charge on any atom is 0.326 e. The number of aromatic nitrogens is 2. The number of carbonyl (C=O) groups excluding carboxylic acids is 1. The van der Waals surface area contributed by atoms with Crippen LogP contribution in [0.15, 0.2) is 0 Å². The van der Waals surface area contributed by atoms with Crippen LogP contribution in [0.4, 0.5) is 0 Å². The molecule has 0 spiro atoms. The second-order valence-electron chi connectivity index (χ2n) is 6.81. The third-order valence-electron chi connectivity index (χ3n) is 2.79. The molecule has 0 aliphatic carbocycles. The predicted molar refractivity (Wildman–Crippen MR) is 77.0 cm³/mol. The molecule has 0 fully saturated rings. The summed E-state index contributed by atoms with van der Waals surface area (Å²) in [6.45, 7) is 11.1. The first kappa shape index (κ1) is 16.6. The van der Waals surface area contributed by atoms with Crippen molar-refractivity contribution < 1.29 is 14.7 Å². The first-order valence-electron chi connectivity index (χ1n) is 6.31. The van der Waals surface area contributed by atoms with Gasteiger partial charge in [-0.15, -0.1) is 5.10 Å². The van der Waals surface area contributed by atoms with Gasteiger partial charge in [0.2, 0.25) is 0 Å². The average Bonchev–Trinajstić information content (AvgIpc) is 2.71. The van der Waals surface area contributed by atoms with Gasteiger partial charge in [0.15, 0.2) is 0 Å². The van der Waals surface area contributed by atoms with Gasteiger partial charge in [-0.3, -0.25) is 4.79 Å². The van der Waals surface area contributed by atoms with E-state index >= 15 is 0 Å². The number of amides is 1. The van der Waals surface area contributed by atoms with Gasteiger partial charge >= 0.3 is 5.97 Å². The molecule has 0 aliphatic heterocycles. The third kappa shape index (κ3) is 3.75. The van der Waals surface area contributed by atoms with E-state index in [1.807, 2.05) is 20.8 Å². The van der Waals surface area contributed by atoms with Crippen LogP contribution in [-0.4, -0.2) is 32.6 Å². The molecule has 1 rings (SSSR count). The Labute approximate surface area is 122 Å². The molecule has 7 heteroatoms. The van der Waals surface area contributed by atoms with Crippen LogP contribution in [-0.2, 0) is 10.2 Å². The van der Waals surface area contributed by atoms with Crippen molar-refractivity contribution in [1.29, 1.82) is 0 Å². The van der Waals surface area contributed by atoms with Gasteiger partial charge in [0.1, 0.15) is 10.9 Å². The van der Waals surface area contributed by atoms with Crippen LogP contribution in [0.5, 0.6) is 0 Å². The molecular formula is C13H21N3O3S. The number of nitrogens with zero attached hydrogens (tertiary/aromatic N) is 2. The summed E-state index contributed by atoms with van der Waals surface area (Å²) in [6, 6.07) is -0.968. The SMILES string of the molecule is CC(C)(C)c1nnsc1C(=O)NC(C(=O)O)C(C)(C)C. The first-order chi connectivity index (χ1) is 8.94. The number of aliphatic carboxylic acids is 1. The summed E-state index contributed by atoms with van der Waals surface area (Å²) in [7, 11) is 0. The highest BCUT2D eigenvalue weighted by atomic mass is 32.1. The van der Waals surface area contributed by atoms with Gasteiger partial charge < -0.3 is 10.4 Å². The van der Waals surface area contributed by atoms with E-state index < -0.39 is 23.3 Å². The smallest absolute Gasteiger partial charge is 0.326 e. The number of carboxylic acids is 1. The van der Waals surface area contributed by atoms with Gasteiger partial charge in [-0.25, -0.2) is 4.79 Å². The monoisotopic (exact) mass is 299 g/mol. The lowest BCUT2D eigenvalue weighted by atomic mass is 9.86. The van der Waals surface area contributed by atoms with E-state index in [0.29, 0.717) is 10.6 Å². The Morgan fingerprint density at radius 1 is 1.20 bits per heavy atom. The van der Waals surface area contributed by atoms with Crippen LogP contribution in [0.3, 0.4) is 0 Å². The standard InChI is InChI=1S/C13H21N3O3S/c1-12(2,3)8-7(20-16-15-8)10(17)14-9(11(18)19)13(4,5)6/h9H,1-6H3,(H,14,17)(H,18,19). The number of hydrogen-bond donors (Lipinski definition) is 2. The fraction of sp³-hybridized carbons (Fsp3) is 0.692. The molecule has 112 valence electrons. The van der Waals surface area contributed by atoms with E-state index in [0.717, 1.165) is 11.5 Å². The predicted octanol–water partition coefficient (Wildman–Crippen LogP) is 2.06. The summed E-state index contributed by atoms with van der Waals surface area (Å²) in [5.41, 5.74) is -0.320. The molecule has 6 nitrogen and oxygen atoms in total. The van der Waals surface area contributed by atoms with Gasteiger partial charge in [-0.1, -0.05) is 46.0 Å². The van der Waals surface area contributed by atoms with Crippen LogP contribution in [0.2, 0.25) is 0 Å². The fourth-order valence-electron chi connectivity index (χ4n) is 1.68. The van der Waals surface area contributed by atoms with Gasteiger partial charge in [0.05, 0.1) is 5.69 Å². The Morgan fingerprint density at radius 3 is 2.15 bits per heavy atom. The lowest BCUT2D eigenvalue weighted by Gasteiger charge is -2.27. The number of nitrogens with one attached hydrogen (secondary N) is 1. The third-order valence-corrected chi connectivity index (χ3v) is 3.52. The highest BCUT2D eigenvalue weighted by Gasteiger charge is 2.35. The molecule has 0 saturated carbocycles. The van der Waals surface area contributed by atoms with Crippen LogP contribution < -0.4 is 5.32 Å². The summed E-state index contributed by atoms with van der Waals surface area (Å²) >= 11 is 0.983. The largest absolute Gasteiger partial charge is 0.480 e. The molecule has 1 aromatic heterocycles. The normalized spacial score (nSPS) is 13.9. The van der Waals surface area contributed by atoms with Crippen LogP contribution in [0, 0.1) is 5.41 Å². The first-order valence-corrected chi connectivity index (χ1v) is 7.08. The average molecular weight is 299 g/mol. The quantitative estimate of drug-likeness (QED) is 0.891. The van der Waals surface area contributed by atoms with Crippen LogP contribution >= 0.6 is 11.5 Å². The molecule has 1 unspecified atom stereocenters. The summed E-state index contributed by atoms with van der Waals surface area (Å²) in [5.74, 6) is -1.49. The van der Waals surface area contributed by atoms with E-state index in [-0.39, 0.29) is 5.41 Å². The molecule has 0 saturated heterocycles. The van der Waals surface area contributed by atoms with Crippen molar-refractivity contribution in [1.82, 2.24) is 14.9 Å². The molecule has 0 bridgehead atoms. The van der Waals surface area contributed by atoms with E-state index in [1.54, 1.807) is 20.8 Å². The Morgan fingerprint density at radius 2 is 1.75 bits per heavy atom. The second-order valence-corrected chi connectivity index (χ2v) is 7.57. The molecular weight excluding hydrogens is 278 g/mol. The van der Waals surface area contributed by atoms with Crippen molar-refractivity contribution in [3.8, 4) is 0 Å². The van der Waals surface area contributed by atoms with E-state index in [2.05, 4.69) is 14.9 Å². The molecule has 0 aromatic carbocycles. The number of carbonyl (C=O) groups is 2. The Balaban J connectivity index is 3.03. The zero-order valence-corrected chi connectivity index (χ0v) is 13.5. The van der Waals surface area contributed by atoms with Crippen molar-refractivity contribution >= 4 is 23.4 Å². The molecule has 1 heterocycles. The lowest BCUT2D eigenvalue weighted by Crippen LogP contribution is -2.49. The van der Waals surface area contributed by atoms with Crippen molar-refractivity contribution in [3.05, 3.63) is 10.6 Å². The van der Waals surface area contributed by atoms with E-state index in [1.165, 1.54) is 0 Å². The van der Waals surface area contributed by atoms with Crippen LogP contribution in [0.25, 0.3) is 0 Å². The highest BCUT2D eigenvalue weighted by molar-refractivity contribution is 7.08. The van der Waals surface area contributed by atoms with Gasteiger partial charge in [-0.05, 0) is 16.9 Å². The Kier molecular flexibility index (Phi) is 4.53. The molecule has 1 aromatic rings. The van der Waals surface area contributed by atoms with E-state index in [9.17, 15) is 14.7 Å². The molecule has 1 amide bonds. The number of rotatable bonds is 3. The molecule has 1 atom stereocenters. The van der Waals surface area contributed by atoms with Gasteiger partial charge in [0.25, 0.3) is 5.91 Å². The summed E-state index contributed by atoms with van der Waals surface area (Å²) < 4.78 is 3.81. The van der Waals surface area contributed by atoms with Gasteiger partial charge in [-0.2, -0.15) is 0 Å². The number of carboxylic acid groups (broad SMARTS) is 1. The summed E-state index contributed by atoms with van der Waals surface area (Å²) in [5, 5.41) is 15.8. The molecule has 20 heavy (non-hydrogen) atoms. The highest BCUT2D eigenvalue weighted by Crippen LogP contribution is 2.26. The molecule has 2 N–H and O–H groups in total. The minimum Gasteiger partial charge on any atom is -0.480 e. The maximum absolute atomic E-state index is 12.3. The Bertz CT molecular complexity index is 512. The second kappa shape index (κ2) is 5.47. The number of hydrogen-bond acceptors (Lipinski definition) is 5. The van der Waals surface area contributed by atoms with E-state index in [4.69, 9.17) is 0 Å². The summed E-state index contributed by atoms with van der Waals surface area (Å²) in [4.78, 5) is 23.9. The topological polar surface area (TPSA) is 92.2 Å².